The SMILES string of the molecule is C[C@H]1NC(=O)[C@H](CCCCN)NC(=O)CCSCc2cccc(c2)CSC[C@@H](C(N)=O)NC(=O)[C@]2(C)CCCN2C(=O)[C@H](Cc2ccc(O)cc2)NC(=O)[C@](C)([C@@H](C)O)NC(=O)[C@@H]2C[C@H](F)CN2C(=O)[C@H](Cc2c[nH]c3ccc(F)cc23)NC(=O)[C@H](Cc2c[nH]c3ccc(F)cc23)NC1=O. The molecule has 6 aromatic rings. The molecule has 2 fully saturated rings. The molecule has 3 aliphatic rings. The van der Waals surface area contributed by atoms with E-state index in [-0.39, 0.29) is 61.1 Å². The number of carbonyl (C=O) groups is 10. The van der Waals surface area contributed by atoms with Crippen LogP contribution in [0.3, 0.4) is 0 Å². The van der Waals surface area contributed by atoms with Gasteiger partial charge in [0.25, 0.3) is 0 Å². The molecule has 0 aliphatic carbocycles. The lowest BCUT2D eigenvalue weighted by Crippen LogP contribution is -2.68. The van der Waals surface area contributed by atoms with Crippen molar-refractivity contribution >= 4 is 104 Å². The van der Waals surface area contributed by atoms with Crippen LogP contribution in [0.15, 0.2) is 97.3 Å². The zero-order valence-corrected chi connectivity index (χ0v) is 57.6. The minimum atomic E-state index is -2.38. The Hall–Kier alpha value is -9.13. The van der Waals surface area contributed by atoms with Crippen LogP contribution in [0.2, 0.25) is 0 Å². The van der Waals surface area contributed by atoms with Crippen molar-refractivity contribution in [2.24, 2.45) is 11.5 Å². The normalized spacial score (nSPS) is 26.1. The van der Waals surface area contributed by atoms with E-state index < -0.39 is 156 Å². The standard InChI is InChI=1S/C70H86F3N13O12S2/c1-38-61(91)80-54(27-43-32-76-51-18-14-45(71)29-49(43)51)63(93)81-56(28-44-33-77-52-19-15-46(72)30-50(44)52)65(95)85-34-47(73)31-58(85)64(94)84-70(4,39(2)87)68(98)82-55(26-40-12-16-48(88)17-13-40)66(96)86-23-8-21-69(86,3)67(97)83-57(60(75)90)37-100-36-42-10-7-9-41(25-42)35-99-24-20-59(89)79-53(62(92)78-38)11-5-6-22-74/h7,9-10,12-19,25,29-30,32-33,38-39,47,53-58,76-77,87-88H,5-6,8,11,20-24,26-28,31,34-37,74H2,1-4H3,(H2,75,90)(H,78,92)(H,79,89)(H,80,91)(H,81,93)(H,82,98)(H,83,97)(H,84,94)/t38-,39-,47+,53+,54+,55+,56+,57+,58+,69+,70+/m1/s1. The lowest BCUT2D eigenvalue weighted by atomic mass is 9.92. The Balaban J connectivity index is 1.06. The van der Waals surface area contributed by atoms with Gasteiger partial charge in [-0.2, -0.15) is 23.5 Å². The Morgan fingerprint density at radius 3 is 1.94 bits per heavy atom. The highest BCUT2D eigenvalue weighted by molar-refractivity contribution is 7.98. The summed E-state index contributed by atoms with van der Waals surface area (Å²) in [5.74, 6) is -8.90. The first-order valence-corrected chi connectivity index (χ1v) is 35.6. The van der Waals surface area contributed by atoms with Crippen molar-refractivity contribution in [1.29, 1.82) is 0 Å². The summed E-state index contributed by atoms with van der Waals surface area (Å²) in [6, 6.07) is 10.6. The number of aromatic nitrogens is 2. The molecular weight excluding hydrogens is 1340 g/mol. The number of aromatic amines is 2. The van der Waals surface area contributed by atoms with Crippen LogP contribution in [0.1, 0.15) is 100 Å². The number of thioether (sulfide) groups is 2. The van der Waals surface area contributed by atoms with Crippen LogP contribution in [0.4, 0.5) is 13.2 Å². The van der Waals surface area contributed by atoms with Crippen LogP contribution in [0.25, 0.3) is 21.8 Å². The molecule has 4 aromatic carbocycles. The monoisotopic (exact) mass is 1420 g/mol. The van der Waals surface area contributed by atoms with E-state index in [9.17, 15) is 43.4 Å². The summed E-state index contributed by atoms with van der Waals surface area (Å²) < 4.78 is 46.1. The van der Waals surface area contributed by atoms with E-state index in [1.807, 2.05) is 24.3 Å². The lowest BCUT2D eigenvalue weighted by Gasteiger charge is -2.39. The summed E-state index contributed by atoms with van der Waals surface area (Å²) in [7, 11) is 0. The molecule has 0 unspecified atom stereocenters. The summed E-state index contributed by atoms with van der Waals surface area (Å²) in [6.45, 7) is 4.75. The minimum Gasteiger partial charge on any atom is -0.508 e. The Bertz CT molecular complexity index is 4010. The molecule has 15 N–H and O–H groups in total. The average molecular weight is 1420 g/mol. The van der Waals surface area contributed by atoms with E-state index in [2.05, 4.69) is 47.2 Å². The van der Waals surface area contributed by atoms with Crippen molar-refractivity contribution in [2.45, 2.75) is 169 Å². The zero-order chi connectivity index (χ0) is 72.2. The van der Waals surface area contributed by atoms with E-state index in [0.717, 1.165) is 23.0 Å². The fourth-order valence-electron chi connectivity index (χ4n) is 12.7. The van der Waals surface area contributed by atoms with Crippen molar-refractivity contribution in [1.82, 2.24) is 57.0 Å². The molecule has 30 heteroatoms. The molecule has 0 radical (unpaired) electrons. The number of hydrogen-bond acceptors (Lipinski definition) is 15. The molecule has 0 spiro atoms. The van der Waals surface area contributed by atoms with Crippen LogP contribution >= 0.6 is 23.5 Å². The van der Waals surface area contributed by atoms with Crippen LogP contribution in [-0.2, 0) is 78.7 Å². The molecular formula is C70H86F3N13O12S2. The summed E-state index contributed by atoms with van der Waals surface area (Å²) >= 11 is 2.79. The van der Waals surface area contributed by atoms with E-state index >= 15 is 28.0 Å². The van der Waals surface area contributed by atoms with Crippen molar-refractivity contribution in [3.05, 3.63) is 137 Å². The molecule has 9 rings (SSSR count). The molecule has 3 aliphatic heterocycles. The number of hydrogen-bond donors (Lipinski definition) is 13. The molecule has 25 nitrogen and oxygen atoms in total. The Labute approximate surface area is 584 Å². The van der Waals surface area contributed by atoms with Gasteiger partial charge >= 0.3 is 0 Å². The van der Waals surface area contributed by atoms with E-state index in [1.54, 1.807) is 0 Å². The molecule has 536 valence electrons. The van der Waals surface area contributed by atoms with Gasteiger partial charge in [0, 0.05) is 95.9 Å². The third kappa shape index (κ3) is 18.4. The molecule has 10 amide bonds. The highest BCUT2D eigenvalue weighted by Gasteiger charge is 2.51. The van der Waals surface area contributed by atoms with E-state index in [1.165, 1.54) is 122 Å². The number of nitrogens with two attached hydrogens (primary N) is 2. The maximum absolute atomic E-state index is 16.2. The number of phenolic OH excluding ortho intramolecular Hbond substituents is 1. The number of alkyl halides is 1. The van der Waals surface area contributed by atoms with Crippen LogP contribution in [0, 0.1) is 11.6 Å². The number of aliphatic hydroxyl groups excluding tert-OH is 1. The predicted octanol–water partition coefficient (Wildman–Crippen LogP) is 3.35. The number of aliphatic hydroxyl groups is 1. The number of amides is 10. The van der Waals surface area contributed by atoms with Gasteiger partial charge in [0.1, 0.15) is 76.9 Å². The number of phenols is 1. The molecule has 5 heterocycles. The second-order valence-corrected chi connectivity index (χ2v) is 28.3. The first-order chi connectivity index (χ1) is 47.6. The molecule has 11 atom stereocenters. The molecule has 2 saturated heterocycles. The predicted molar refractivity (Wildman–Crippen MR) is 371 cm³/mol. The average Bonchev–Trinajstić information content (AvgIpc) is 1.51. The number of fused-ring (bicyclic) bond motifs is 6. The van der Waals surface area contributed by atoms with Gasteiger partial charge in [0.15, 0.2) is 0 Å². The summed E-state index contributed by atoms with van der Waals surface area (Å²) in [5, 5.41) is 41.2. The second kappa shape index (κ2) is 33.4. The number of carbonyl (C=O) groups excluding carboxylic acids is 10. The van der Waals surface area contributed by atoms with Crippen molar-refractivity contribution < 1.29 is 71.3 Å². The maximum atomic E-state index is 16.2. The molecule has 2 aromatic heterocycles. The smallest absolute Gasteiger partial charge is 0.248 e. The van der Waals surface area contributed by atoms with Gasteiger partial charge in [-0.25, -0.2) is 13.2 Å². The first kappa shape index (κ1) is 75.1. The number of unbranched alkanes of at least 4 members (excludes halogenated alkanes) is 1. The molecule has 100 heavy (non-hydrogen) atoms. The topological polar surface area (TPSA) is 385 Å². The summed E-state index contributed by atoms with van der Waals surface area (Å²) in [5.41, 5.74) is 11.4. The summed E-state index contributed by atoms with van der Waals surface area (Å²) in [4.78, 5) is 154. The first-order valence-electron chi connectivity index (χ1n) is 33.2. The largest absolute Gasteiger partial charge is 0.508 e. The quantitative estimate of drug-likeness (QED) is 0.0782. The third-order valence-electron chi connectivity index (χ3n) is 18.7. The number of rotatable bonds is 12. The maximum Gasteiger partial charge on any atom is 0.248 e. The fraction of sp³-hybridized carbons (Fsp3) is 0.457. The zero-order valence-electron chi connectivity index (χ0n) is 55.9. The van der Waals surface area contributed by atoms with E-state index in [4.69, 9.17) is 11.5 Å². The number of aromatic hydroxyl groups is 1. The van der Waals surface area contributed by atoms with Gasteiger partial charge in [-0.05, 0) is 143 Å². The fourth-order valence-corrected chi connectivity index (χ4v) is 14.6. The van der Waals surface area contributed by atoms with Gasteiger partial charge in [0.05, 0.1) is 12.6 Å². The number of primary amides is 1. The number of H-pyrrole nitrogens is 2. The Morgan fingerprint density at radius 2 is 1.31 bits per heavy atom. The molecule has 0 saturated carbocycles. The number of nitrogens with one attached hydrogen (secondary N) is 9. The van der Waals surface area contributed by atoms with Gasteiger partial charge < -0.3 is 78.7 Å². The number of benzene rings is 4. The van der Waals surface area contributed by atoms with Crippen LogP contribution < -0.4 is 48.7 Å². The second-order valence-electron chi connectivity index (χ2n) is 26.2. The Morgan fingerprint density at radius 1 is 0.700 bits per heavy atom. The third-order valence-corrected chi connectivity index (χ3v) is 20.9. The summed E-state index contributed by atoms with van der Waals surface area (Å²) in [6.07, 6.45) is -0.943. The van der Waals surface area contributed by atoms with Gasteiger partial charge in [-0.1, -0.05) is 36.4 Å². The van der Waals surface area contributed by atoms with Gasteiger partial charge in [-0.3, -0.25) is 47.9 Å². The Kier molecular flexibility index (Phi) is 25.0. The minimum absolute atomic E-state index is 0.00982. The highest BCUT2D eigenvalue weighted by atomic mass is 32.2. The van der Waals surface area contributed by atoms with Crippen LogP contribution in [0.5, 0.6) is 5.75 Å². The van der Waals surface area contributed by atoms with Crippen molar-refractivity contribution in [3.63, 3.8) is 0 Å². The lowest BCUT2D eigenvalue weighted by molar-refractivity contribution is -0.149. The van der Waals surface area contributed by atoms with Gasteiger partial charge in [0.2, 0.25) is 59.1 Å². The van der Waals surface area contributed by atoms with E-state index in [0.29, 0.717) is 70.6 Å². The molecule has 2 bridgehead atoms. The van der Waals surface area contributed by atoms with Crippen molar-refractivity contribution in [3.8, 4) is 5.75 Å². The van der Waals surface area contributed by atoms with Crippen LogP contribution in [-0.4, -0.2) is 186 Å². The number of halogens is 3. The number of nitrogens with zero attached hydrogens (tertiary/aromatic N) is 2. The van der Waals surface area contributed by atoms with Gasteiger partial charge in [-0.15, -0.1) is 0 Å². The van der Waals surface area contributed by atoms with Crippen molar-refractivity contribution in [2.75, 3.05) is 31.1 Å². The highest BCUT2D eigenvalue weighted by Crippen LogP contribution is 2.33.